The Labute approximate surface area is 238 Å². The Morgan fingerprint density at radius 2 is 1.69 bits per heavy atom. The maximum Gasteiger partial charge on any atom is 0.302 e. The third-order valence-corrected chi connectivity index (χ3v) is 6.41. The first kappa shape index (κ1) is 26.6. The van der Waals surface area contributed by atoms with E-state index in [2.05, 4.69) is 15.1 Å². The first-order valence-corrected chi connectivity index (χ1v) is 12.9. The molecule has 11 nitrogen and oxygen atoms in total. The summed E-state index contributed by atoms with van der Waals surface area (Å²) in [6.07, 6.45) is 3.34. The van der Waals surface area contributed by atoms with Crippen LogP contribution in [-0.2, 0) is 16.1 Å². The Hall–Kier alpha value is -5.65. The Kier molecular flexibility index (Phi) is 7.01. The highest BCUT2D eigenvalue weighted by molar-refractivity contribution is 6.34. The van der Waals surface area contributed by atoms with Gasteiger partial charge in [-0.25, -0.2) is 23.9 Å². The minimum absolute atomic E-state index is 0.0327. The van der Waals surface area contributed by atoms with Crippen LogP contribution in [0.5, 0.6) is 11.6 Å². The number of fused-ring (bicyclic) bond motifs is 2. The van der Waals surface area contributed by atoms with Crippen molar-refractivity contribution in [2.75, 3.05) is 18.1 Å². The van der Waals surface area contributed by atoms with Crippen molar-refractivity contribution in [3.8, 4) is 17.3 Å². The lowest BCUT2D eigenvalue weighted by Gasteiger charge is -2.19. The number of hydrogen-bond acceptors (Lipinski definition) is 9. The molecule has 6 rings (SSSR count). The molecule has 0 N–H and O–H groups in total. The Balaban J connectivity index is 1.36. The number of rotatable bonds is 9. The molecule has 0 radical (unpaired) electrons. The van der Waals surface area contributed by atoms with Crippen LogP contribution in [0.3, 0.4) is 0 Å². The highest BCUT2D eigenvalue weighted by Gasteiger charge is 2.39. The molecule has 0 unspecified atom stereocenters. The molecule has 0 saturated heterocycles. The number of aromatic nitrogens is 4. The van der Waals surface area contributed by atoms with Gasteiger partial charge in [-0.2, -0.15) is 5.10 Å². The van der Waals surface area contributed by atoms with Crippen LogP contribution in [0, 0.1) is 5.82 Å². The van der Waals surface area contributed by atoms with Crippen LogP contribution >= 0.6 is 0 Å². The van der Waals surface area contributed by atoms with E-state index in [1.807, 2.05) is 0 Å². The van der Waals surface area contributed by atoms with E-state index >= 15 is 0 Å². The van der Waals surface area contributed by atoms with Crippen molar-refractivity contribution in [3.05, 3.63) is 102 Å². The molecule has 1 aliphatic heterocycles. The fourth-order valence-corrected chi connectivity index (χ4v) is 4.52. The SMILES string of the molecule is CC(=O)OCCOc1ccc(-n2cccn2)c(COc2cc3cc(F)ccc3nc2N2C(=O)c3ccccc3C2=O)n1. The summed E-state index contributed by atoms with van der Waals surface area (Å²) in [5.41, 5.74) is 1.84. The maximum absolute atomic E-state index is 14.1. The summed E-state index contributed by atoms with van der Waals surface area (Å²) in [5.74, 6) is -1.72. The van der Waals surface area contributed by atoms with Gasteiger partial charge in [-0.15, -0.1) is 0 Å². The monoisotopic (exact) mass is 567 g/mol. The van der Waals surface area contributed by atoms with Crippen molar-refractivity contribution in [1.82, 2.24) is 19.7 Å². The molecule has 2 aromatic carbocycles. The summed E-state index contributed by atoms with van der Waals surface area (Å²) in [6.45, 7) is 1.28. The minimum Gasteiger partial charge on any atom is -0.483 e. The fraction of sp³-hybridized carbons (Fsp3) is 0.133. The van der Waals surface area contributed by atoms with Gasteiger partial charge in [-0.3, -0.25) is 14.4 Å². The predicted molar refractivity (Wildman–Crippen MR) is 147 cm³/mol. The van der Waals surface area contributed by atoms with Gasteiger partial charge in [0.25, 0.3) is 11.8 Å². The van der Waals surface area contributed by atoms with Gasteiger partial charge in [0, 0.05) is 30.8 Å². The van der Waals surface area contributed by atoms with E-state index in [1.165, 1.54) is 31.2 Å². The average molecular weight is 568 g/mol. The Morgan fingerprint density at radius 1 is 0.905 bits per heavy atom. The zero-order valence-corrected chi connectivity index (χ0v) is 22.2. The van der Waals surface area contributed by atoms with E-state index in [9.17, 15) is 18.8 Å². The number of pyridine rings is 2. The standard InChI is InChI=1S/C30H22FN5O6/c1-18(37)40-13-14-41-27-10-9-25(35-12-4-11-32-35)24(33-27)17-42-26-16-19-15-20(31)7-8-23(19)34-28(26)36-29(38)21-5-2-3-6-22(21)30(36)39/h2-12,15-16H,13-14,17H2,1H3. The summed E-state index contributed by atoms with van der Waals surface area (Å²) in [5, 5.41) is 4.68. The fourth-order valence-electron chi connectivity index (χ4n) is 4.52. The van der Waals surface area contributed by atoms with Crippen LogP contribution in [0.15, 0.2) is 79.1 Å². The predicted octanol–water partition coefficient (Wildman–Crippen LogP) is 4.28. The van der Waals surface area contributed by atoms with E-state index in [0.29, 0.717) is 22.3 Å². The molecule has 210 valence electrons. The molecule has 42 heavy (non-hydrogen) atoms. The number of esters is 1. The van der Waals surface area contributed by atoms with Crippen molar-refractivity contribution >= 4 is 34.5 Å². The van der Waals surface area contributed by atoms with Gasteiger partial charge >= 0.3 is 5.97 Å². The third kappa shape index (κ3) is 5.12. The van der Waals surface area contributed by atoms with E-state index < -0.39 is 23.6 Å². The molecule has 0 bridgehead atoms. The van der Waals surface area contributed by atoms with Gasteiger partial charge in [-0.1, -0.05) is 12.1 Å². The van der Waals surface area contributed by atoms with Crippen LogP contribution in [0.2, 0.25) is 0 Å². The van der Waals surface area contributed by atoms with E-state index in [4.69, 9.17) is 14.2 Å². The lowest BCUT2D eigenvalue weighted by Crippen LogP contribution is -2.30. The molecular formula is C30H22FN5O6. The molecule has 4 heterocycles. The topological polar surface area (TPSA) is 126 Å². The van der Waals surface area contributed by atoms with Gasteiger partial charge in [0.05, 0.1) is 22.3 Å². The van der Waals surface area contributed by atoms with Crippen LogP contribution in [-0.4, -0.2) is 50.7 Å². The van der Waals surface area contributed by atoms with Crippen molar-refractivity contribution in [2.45, 2.75) is 13.5 Å². The molecule has 2 amide bonds. The summed E-state index contributed by atoms with van der Waals surface area (Å²) in [4.78, 5) is 47.7. The number of imide groups is 1. The van der Waals surface area contributed by atoms with Gasteiger partial charge in [0.2, 0.25) is 5.88 Å². The molecule has 3 aromatic heterocycles. The number of benzene rings is 2. The minimum atomic E-state index is -0.548. The molecule has 0 fully saturated rings. The van der Waals surface area contributed by atoms with Crippen LogP contribution in [0.25, 0.3) is 16.6 Å². The van der Waals surface area contributed by atoms with Crippen LogP contribution in [0.4, 0.5) is 10.2 Å². The van der Waals surface area contributed by atoms with Crippen LogP contribution < -0.4 is 14.4 Å². The molecule has 0 saturated carbocycles. The number of halogens is 1. The normalized spacial score (nSPS) is 12.5. The van der Waals surface area contributed by atoms with E-state index in [1.54, 1.807) is 59.5 Å². The number of carbonyl (C=O) groups excluding carboxylic acids is 3. The largest absolute Gasteiger partial charge is 0.483 e. The maximum atomic E-state index is 14.1. The van der Waals surface area contributed by atoms with E-state index in [-0.39, 0.29) is 48.4 Å². The molecule has 12 heteroatoms. The Morgan fingerprint density at radius 3 is 2.40 bits per heavy atom. The first-order chi connectivity index (χ1) is 20.4. The molecule has 1 aliphatic rings. The van der Waals surface area contributed by atoms with Crippen LogP contribution in [0.1, 0.15) is 33.3 Å². The third-order valence-electron chi connectivity index (χ3n) is 6.41. The number of hydrogen-bond donors (Lipinski definition) is 0. The zero-order valence-electron chi connectivity index (χ0n) is 22.2. The second kappa shape index (κ2) is 11.1. The van der Waals surface area contributed by atoms with Crippen molar-refractivity contribution in [3.63, 3.8) is 0 Å². The highest BCUT2D eigenvalue weighted by Crippen LogP contribution is 2.36. The molecule has 0 atom stereocenters. The first-order valence-electron chi connectivity index (χ1n) is 12.9. The van der Waals surface area contributed by atoms with Gasteiger partial charge < -0.3 is 14.2 Å². The number of amides is 2. The van der Waals surface area contributed by atoms with Crippen molar-refractivity contribution < 1.29 is 33.0 Å². The van der Waals surface area contributed by atoms with E-state index in [0.717, 1.165) is 4.90 Å². The second-order valence-electron chi connectivity index (χ2n) is 9.18. The number of ether oxygens (including phenoxy) is 3. The number of carbonyl (C=O) groups is 3. The molecular weight excluding hydrogens is 545 g/mol. The lowest BCUT2D eigenvalue weighted by molar-refractivity contribution is -0.141. The summed E-state index contributed by atoms with van der Waals surface area (Å²) >= 11 is 0. The summed E-state index contributed by atoms with van der Waals surface area (Å²) in [6, 6.07) is 17.1. The lowest BCUT2D eigenvalue weighted by atomic mass is 10.1. The Bertz CT molecular complexity index is 1810. The summed E-state index contributed by atoms with van der Waals surface area (Å²) < 4.78 is 32.4. The van der Waals surface area contributed by atoms with Crippen molar-refractivity contribution in [2.24, 2.45) is 0 Å². The summed E-state index contributed by atoms with van der Waals surface area (Å²) in [7, 11) is 0. The average Bonchev–Trinajstić information content (AvgIpc) is 3.61. The molecule has 0 aliphatic carbocycles. The van der Waals surface area contributed by atoms with Gasteiger partial charge in [-0.05, 0) is 48.5 Å². The molecule has 0 spiro atoms. The van der Waals surface area contributed by atoms with Crippen molar-refractivity contribution in [1.29, 1.82) is 0 Å². The highest BCUT2D eigenvalue weighted by atomic mass is 19.1. The zero-order chi connectivity index (χ0) is 29.2. The second-order valence-corrected chi connectivity index (χ2v) is 9.18. The number of anilines is 1. The number of nitrogens with zero attached hydrogens (tertiary/aromatic N) is 5. The smallest absolute Gasteiger partial charge is 0.302 e. The van der Waals surface area contributed by atoms with Gasteiger partial charge in [0.1, 0.15) is 31.3 Å². The van der Waals surface area contributed by atoms with Gasteiger partial charge in [0.15, 0.2) is 11.6 Å². The quantitative estimate of drug-likeness (QED) is 0.146. The molecule has 5 aromatic rings.